The smallest absolute Gasteiger partial charge is 0.417 e. The Kier molecular flexibility index (Phi) is 6.03. The number of hydrogen-bond donors (Lipinski definition) is 1. The van der Waals surface area contributed by atoms with Crippen LogP contribution in [0.4, 0.5) is 29.3 Å². The highest BCUT2D eigenvalue weighted by atomic mass is 35.5. The minimum Gasteiger partial charge on any atom is -0.490 e. The van der Waals surface area contributed by atoms with Gasteiger partial charge in [-0.15, -0.1) is 0 Å². The zero-order valence-electron chi connectivity index (χ0n) is 16.8. The van der Waals surface area contributed by atoms with E-state index in [9.17, 15) is 18.0 Å². The summed E-state index contributed by atoms with van der Waals surface area (Å²) < 4.78 is 50.8. The molecule has 0 fully saturated rings. The maximum Gasteiger partial charge on any atom is 0.417 e. The van der Waals surface area contributed by atoms with Crippen LogP contribution < -0.4 is 19.7 Å². The third-order valence-corrected chi connectivity index (χ3v) is 5.11. The highest BCUT2D eigenvalue weighted by molar-refractivity contribution is 6.31. The van der Waals surface area contributed by atoms with Crippen molar-refractivity contribution in [2.24, 2.45) is 0 Å². The highest BCUT2D eigenvalue weighted by Crippen LogP contribution is 2.38. The number of urea groups is 1. The Morgan fingerprint density at radius 3 is 2.52 bits per heavy atom. The second-order valence-electron chi connectivity index (χ2n) is 6.99. The molecule has 0 radical (unpaired) electrons. The molecule has 3 aromatic rings. The molecule has 0 bridgehead atoms. The van der Waals surface area contributed by atoms with Gasteiger partial charge in [-0.1, -0.05) is 11.6 Å². The summed E-state index contributed by atoms with van der Waals surface area (Å²) in [6, 6.07) is 15.9. The maximum atomic E-state index is 13.1. The molecule has 6 nitrogen and oxygen atoms in total. The maximum absolute atomic E-state index is 13.1. The first kappa shape index (κ1) is 22.3. The first-order valence-corrected chi connectivity index (χ1v) is 10.0. The summed E-state index contributed by atoms with van der Waals surface area (Å²) in [7, 11) is 0. The van der Waals surface area contributed by atoms with Crippen molar-refractivity contribution in [1.82, 2.24) is 0 Å². The molecule has 33 heavy (non-hydrogen) atoms. The number of rotatable bonds is 3. The molecule has 10 heteroatoms. The molecule has 1 aliphatic rings. The van der Waals surface area contributed by atoms with E-state index in [1.165, 1.54) is 11.0 Å². The molecule has 0 saturated heterocycles. The van der Waals surface area contributed by atoms with Crippen molar-refractivity contribution < 1.29 is 27.4 Å². The van der Waals surface area contributed by atoms with Crippen molar-refractivity contribution in [2.75, 3.05) is 23.4 Å². The number of nitrogens with zero attached hydrogens (tertiary/aromatic N) is 2. The molecule has 168 valence electrons. The van der Waals surface area contributed by atoms with Gasteiger partial charge in [0.2, 0.25) is 0 Å². The average molecular weight is 474 g/mol. The molecule has 1 aliphatic heterocycles. The quantitative estimate of drug-likeness (QED) is 0.474. The monoisotopic (exact) mass is 473 g/mol. The van der Waals surface area contributed by atoms with Gasteiger partial charge in [-0.25, -0.2) is 4.79 Å². The summed E-state index contributed by atoms with van der Waals surface area (Å²) in [4.78, 5) is 14.2. The molecule has 0 saturated carbocycles. The fourth-order valence-corrected chi connectivity index (χ4v) is 3.44. The third-order valence-electron chi connectivity index (χ3n) is 4.78. The molecule has 0 spiro atoms. The molecule has 0 aromatic heterocycles. The molecular weight excluding hydrogens is 459 g/mol. The lowest BCUT2D eigenvalue weighted by Crippen LogP contribution is -2.40. The van der Waals surface area contributed by atoms with Crippen molar-refractivity contribution >= 4 is 29.0 Å². The Morgan fingerprint density at radius 2 is 1.82 bits per heavy atom. The number of carbonyl (C=O) groups is 1. The Bertz CT molecular complexity index is 1240. The normalized spacial score (nSPS) is 12.9. The van der Waals surface area contributed by atoms with E-state index in [-0.39, 0.29) is 18.8 Å². The van der Waals surface area contributed by atoms with Gasteiger partial charge in [-0.05, 0) is 54.6 Å². The molecule has 4 rings (SSSR count). The molecule has 0 atom stereocenters. The predicted octanol–water partition coefficient (Wildman–Crippen LogP) is 6.45. The Hall–Kier alpha value is -3.90. The molecule has 1 heterocycles. The third kappa shape index (κ3) is 4.96. The van der Waals surface area contributed by atoms with Crippen molar-refractivity contribution in [1.29, 1.82) is 5.26 Å². The number of fused-ring (bicyclic) bond motifs is 1. The molecule has 1 N–H and O–H groups in total. The van der Waals surface area contributed by atoms with Gasteiger partial charge in [0.15, 0.2) is 0 Å². The number of anilines is 2. The van der Waals surface area contributed by atoms with E-state index in [2.05, 4.69) is 5.32 Å². The summed E-state index contributed by atoms with van der Waals surface area (Å²) in [6.45, 7) is 0.392. The summed E-state index contributed by atoms with van der Waals surface area (Å²) in [5.41, 5.74) is -0.202. The molecule has 0 unspecified atom stereocenters. The van der Waals surface area contributed by atoms with E-state index in [0.29, 0.717) is 28.5 Å². The first-order chi connectivity index (χ1) is 15.7. The van der Waals surface area contributed by atoms with Crippen molar-refractivity contribution in [2.45, 2.75) is 6.18 Å². The summed E-state index contributed by atoms with van der Waals surface area (Å²) in [6.07, 6.45) is -4.65. The van der Waals surface area contributed by atoms with Gasteiger partial charge in [0.05, 0.1) is 34.5 Å². The van der Waals surface area contributed by atoms with Crippen LogP contribution in [0.5, 0.6) is 17.2 Å². The van der Waals surface area contributed by atoms with Gasteiger partial charge >= 0.3 is 12.2 Å². The van der Waals surface area contributed by atoms with E-state index in [1.807, 2.05) is 6.07 Å². The number of amides is 2. The Balaban J connectivity index is 1.56. The van der Waals surface area contributed by atoms with Crippen LogP contribution in [0, 0.1) is 11.3 Å². The van der Waals surface area contributed by atoms with Crippen LogP contribution in [0.1, 0.15) is 11.1 Å². The zero-order chi connectivity index (χ0) is 23.6. The lowest BCUT2D eigenvalue weighted by molar-refractivity contribution is -0.137. The van der Waals surface area contributed by atoms with Gasteiger partial charge in [-0.3, -0.25) is 4.90 Å². The lowest BCUT2D eigenvalue weighted by Gasteiger charge is -2.30. The summed E-state index contributed by atoms with van der Waals surface area (Å²) in [5.74, 6) is 1.32. The van der Waals surface area contributed by atoms with Crippen LogP contribution in [-0.2, 0) is 6.18 Å². The molecule has 0 aliphatic carbocycles. The van der Waals surface area contributed by atoms with E-state index in [1.54, 1.807) is 42.5 Å². The fraction of sp³-hybridized carbons (Fsp3) is 0.130. The topological polar surface area (TPSA) is 74.6 Å². The lowest BCUT2D eigenvalue weighted by atomic mass is 10.2. The molecule has 2 amide bonds. The van der Waals surface area contributed by atoms with Gasteiger partial charge < -0.3 is 14.8 Å². The van der Waals surface area contributed by atoms with Gasteiger partial charge in [0, 0.05) is 11.8 Å². The Labute approximate surface area is 191 Å². The second-order valence-corrected chi connectivity index (χ2v) is 7.40. The summed E-state index contributed by atoms with van der Waals surface area (Å²) in [5, 5.41) is 10.9. The number of alkyl halides is 3. The average Bonchev–Trinajstić information content (AvgIpc) is 2.79. The standard InChI is InChI=1S/C23H15ClF3N3O3/c24-19-7-3-15(11-18(19)23(25,26)27)29-22(31)30-9-10-32-21-8-6-17(12-20(21)30)33-16-4-1-14(13-28)2-5-16/h1-8,11-12H,9-10H2,(H,29,31). The van der Waals surface area contributed by atoms with E-state index in [0.717, 1.165) is 12.1 Å². The van der Waals surface area contributed by atoms with Crippen LogP contribution in [0.2, 0.25) is 5.02 Å². The van der Waals surface area contributed by atoms with Crippen LogP contribution in [0.15, 0.2) is 60.7 Å². The number of hydrogen-bond acceptors (Lipinski definition) is 4. The van der Waals surface area contributed by atoms with Gasteiger partial charge in [0.25, 0.3) is 0 Å². The number of carbonyl (C=O) groups excluding carboxylic acids is 1. The first-order valence-electron chi connectivity index (χ1n) is 9.65. The van der Waals surface area contributed by atoms with E-state index in [4.69, 9.17) is 26.3 Å². The number of ether oxygens (including phenoxy) is 2. The van der Waals surface area contributed by atoms with Crippen LogP contribution in [0.25, 0.3) is 0 Å². The zero-order valence-corrected chi connectivity index (χ0v) is 17.6. The number of benzene rings is 3. The number of halogens is 4. The molecular formula is C23H15ClF3N3O3. The van der Waals surface area contributed by atoms with Crippen molar-refractivity contribution in [3.8, 4) is 23.3 Å². The van der Waals surface area contributed by atoms with E-state index < -0.39 is 22.8 Å². The van der Waals surface area contributed by atoms with Crippen molar-refractivity contribution in [3.63, 3.8) is 0 Å². The number of nitriles is 1. The Morgan fingerprint density at radius 1 is 1.09 bits per heavy atom. The minimum absolute atomic E-state index is 0.0465. The van der Waals surface area contributed by atoms with Crippen LogP contribution >= 0.6 is 11.6 Å². The van der Waals surface area contributed by atoms with Gasteiger partial charge in [0.1, 0.15) is 23.9 Å². The van der Waals surface area contributed by atoms with Gasteiger partial charge in [-0.2, -0.15) is 18.4 Å². The second kappa shape index (κ2) is 8.92. The molecule has 3 aromatic carbocycles. The number of nitrogens with one attached hydrogen (secondary N) is 1. The largest absolute Gasteiger partial charge is 0.490 e. The van der Waals surface area contributed by atoms with E-state index >= 15 is 0 Å². The van der Waals surface area contributed by atoms with Crippen LogP contribution in [-0.4, -0.2) is 19.2 Å². The van der Waals surface area contributed by atoms with Crippen LogP contribution in [0.3, 0.4) is 0 Å². The van der Waals surface area contributed by atoms with Crippen molar-refractivity contribution in [3.05, 3.63) is 76.8 Å². The highest BCUT2D eigenvalue weighted by Gasteiger charge is 2.34. The fourth-order valence-electron chi connectivity index (χ4n) is 3.22. The SMILES string of the molecule is N#Cc1ccc(Oc2ccc3c(c2)N(C(=O)Nc2ccc(Cl)c(C(F)(F)F)c2)CCO3)cc1. The minimum atomic E-state index is -4.65. The summed E-state index contributed by atoms with van der Waals surface area (Å²) >= 11 is 5.64. The predicted molar refractivity (Wildman–Crippen MR) is 116 cm³/mol.